The van der Waals surface area contributed by atoms with Crippen LogP contribution in [-0.2, 0) is 4.79 Å². The molecule has 0 radical (unpaired) electrons. The van der Waals surface area contributed by atoms with Crippen LogP contribution in [0, 0.1) is 0 Å². The Hall–Kier alpha value is -1.97. The maximum atomic E-state index is 11.4. The van der Waals surface area contributed by atoms with Gasteiger partial charge in [0.15, 0.2) is 18.1 Å². The molecule has 0 aliphatic heterocycles. The summed E-state index contributed by atoms with van der Waals surface area (Å²) in [5.74, 6) is 0.986. The summed E-state index contributed by atoms with van der Waals surface area (Å²) >= 11 is 0. The summed E-state index contributed by atoms with van der Waals surface area (Å²) in [6.07, 6.45) is 0. The third-order valence-electron chi connectivity index (χ3n) is 2.02. The van der Waals surface area contributed by atoms with Gasteiger partial charge in [-0.3, -0.25) is 4.79 Å². The second-order valence-corrected chi connectivity index (χ2v) is 3.67. The molecule has 4 nitrogen and oxygen atoms in total. The Morgan fingerprint density at radius 2 is 2.00 bits per heavy atom. The summed E-state index contributed by atoms with van der Waals surface area (Å²) in [5, 5.41) is 2.69. The lowest BCUT2D eigenvalue weighted by molar-refractivity contribution is -0.122. The normalized spacial score (nSPS) is 9.53. The van der Waals surface area contributed by atoms with E-state index >= 15 is 0 Å². The van der Waals surface area contributed by atoms with Gasteiger partial charge in [-0.2, -0.15) is 0 Å². The number of rotatable bonds is 6. The Morgan fingerprint density at radius 3 is 2.59 bits per heavy atom. The maximum Gasteiger partial charge on any atom is 0.258 e. The minimum absolute atomic E-state index is 0.0341. The zero-order chi connectivity index (χ0) is 12.7. The van der Waals surface area contributed by atoms with Crippen LogP contribution in [0.4, 0.5) is 0 Å². The Balaban J connectivity index is 2.44. The number of carbonyl (C=O) groups excluding carboxylic acids is 1. The van der Waals surface area contributed by atoms with Crippen LogP contribution < -0.4 is 14.8 Å². The molecule has 1 rings (SSSR count). The van der Waals surface area contributed by atoms with Gasteiger partial charge in [-0.1, -0.05) is 24.3 Å². The molecule has 1 aromatic rings. The standard InChI is InChI=1S/C13H17NO3/c1-10(2)8-14-13(15)9-17-12-7-5-4-6-11(12)16-3/h4-7H,1,8-9H2,2-3H3,(H,14,15). The smallest absolute Gasteiger partial charge is 0.258 e. The fourth-order valence-corrected chi connectivity index (χ4v) is 1.18. The fourth-order valence-electron chi connectivity index (χ4n) is 1.18. The van der Waals surface area contributed by atoms with Crippen LogP contribution in [0.3, 0.4) is 0 Å². The van der Waals surface area contributed by atoms with Gasteiger partial charge < -0.3 is 14.8 Å². The SMILES string of the molecule is C=C(C)CNC(=O)COc1ccccc1OC. The number of methoxy groups -OCH3 is 1. The van der Waals surface area contributed by atoms with Crippen molar-refractivity contribution >= 4 is 5.91 Å². The van der Waals surface area contributed by atoms with Crippen LogP contribution in [0.25, 0.3) is 0 Å². The average Bonchev–Trinajstić information content (AvgIpc) is 2.34. The van der Waals surface area contributed by atoms with Crippen molar-refractivity contribution in [2.24, 2.45) is 0 Å². The predicted molar refractivity (Wildman–Crippen MR) is 66.3 cm³/mol. The Morgan fingerprint density at radius 1 is 1.35 bits per heavy atom. The molecule has 1 N–H and O–H groups in total. The highest BCUT2D eigenvalue weighted by Crippen LogP contribution is 2.25. The summed E-state index contributed by atoms with van der Waals surface area (Å²) in [7, 11) is 1.56. The molecule has 0 saturated heterocycles. The minimum atomic E-state index is -0.182. The Labute approximate surface area is 101 Å². The predicted octanol–water partition coefficient (Wildman–Crippen LogP) is 1.77. The van der Waals surface area contributed by atoms with E-state index in [0.717, 1.165) is 5.57 Å². The van der Waals surface area contributed by atoms with Gasteiger partial charge in [0, 0.05) is 6.54 Å². The second-order valence-electron chi connectivity index (χ2n) is 3.67. The molecule has 0 unspecified atom stereocenters. The van der Waals surface area contributed by atoms with Gasteiger partial charge >= 0.3 is 0 Å². The van der Waals surface area contributed by atoms with Crippen molar-refractivity contribution < 1.29 is 14.3 Å². The summed E-state index contributed by atoms with van der Waals surface area (Å²) in [4.78, 5) is 11.4. The summed E-state index contributed by atoms with van der Waals surface area (Å²) in [6, 6.07) is 7.20. The van der Waals surface area contributed by atoms with Gasteiger partial charge in [-0.25, -0.2) is 0 Å². The van der Waals surface area contributed by atoms with E-state index in [-0.39, 0.29) is 12.5 Å². The first-order valence-electron chi connectivity index (χ1n) is 5.30. The van der Waals surface area contributed by atoms with Crippen LogP contribution in [0.5, 0.6) is 11.5 Å². The minimum Gasteiger partial charge on any atom is -0.493 e. The summed E-state index contributed by atoms with van der Waals surface area (Å²) in [6.45, 7) is 5.98. The molecule has 0 aliphatic rings. The average molecular weight is 235 g/mol. The number of ether oxygens (including phenoxy) is 2. The highest BCUT2D eigenvalue weighted by atomic mass is 16.5. The lowest BCUT2D eigenvalue weighted by Crippen LogP contribution is -2.30. The van der Waals surface area contributed by atoms with Crippen molar-refractivity contribution in [1.82, 2.24) is 5.32 Å². The van der Waals surface area contributed by atoms with Crippen LogP contribution in [0.1, 0.15) is 6.92 Å². The number of nitrogens with one attached hydrogen (secondary N) is 1. The fraction of sp³-hybridized carbons (Fsp3) is 0.308. The molecule has 0 spiro atoms. The van der Waals surface area contributed by atoms with Crippen molar-refractivity contribution in [1.29, 1.82) is 0 Å². The van der Waals surface area contributed by atoms with E-state index < -0.39 is 0 Å². The lowest BCUT2D eigenvalue weighted by atomic mass is 10.3. The van der Waals surface area contributed by atoms with Gasteiger partial charge in [-0.15, -0.1) is 0 Å². The topological polar surface area (TPSA) is 47.6 Å². The number of hydrogen-bond acceptors (Lipinski definition) is 3. The van der Waals surface area contributed by atoms with E-state index in [0.29, 0.717) is 18.0 Å². The molecule has 0 saturated carbocycles. The van der Waals surface area contributed by atoms with Crippen molar-refractivity contribution in [2.75, 3.05) is 20.3 Å². The van der Waals surface area contributed by atoms with Crippen molar-refractivity contribution in [3.05, 3.63) is 36.4 Å². The zero-order valence-corrected chi connectivity index (χ0v) is 10.2. The molecule has 0 aliphatic carbocycles. The van der Waals surface area contributed by atoms with Gasteiger partial charge in [0.2, 0.25) is 0 Å². The Kier molecular flexibility index (Phi) is 5.07. The van der Waals surface area contributed by atoms with E-state index in [9.17, 15) is 4.79 Å². The first kappa shape index (κ1) is 13.1. The first-order valence-corrected chi connectivity index (χ1v) is 5.30. The van der Waals surface area contributed by atoms with Crippen LogP contribution in [0.2, 0.25) is 0 Å². The van der Waals surface area contributed by atoms with Crippen molar-refractivity contribution in [2.45, 2.75) is 6.92 Å². The molecule has 1 amide bonds. The molecule has 0 atom stereocenters. The van der Waals surface area contributed by atoms with E-state index in [1.165, 1.54) is 0 Å². The van der Waals surface area contributed by atoms with E-state index in [1.54, 1.807) is 19.2 Å². The Bertz CT molecular complexity index is 401. The molecule has 1 aromatic carbocycles. The van der Waals surface area contributed by atoms with Gasteiger partial charge in [0.25, 0.3) is 5.91 Å². The first-order chi connectivity index (χ1) is 8.13. The molecule has 4 heteroatoms. The van der Waals surface area contributed by atoms with Crippen LogP contribution >= 0.6 is 0 Å². The molecular formula is C13H17NO3. The number of amides is 1. The third-order valence-corrected chi connectivity index (χ3v) is 2.02. The van der Waals surface area contributed by atoms with E-state index in [4.69, 9.17) is 9.47 Å². The molecule has 0 bridgehead atoms. The largest absolute Gasteiger partial charge is 0.493 e. The molecule has 92 valence electrons. The summed E-state index contributed by atoms with van der Waals surface area (Å²) in [5.41, 5.74) is 0.899. The van der Waals surface area contributed by atoms with Crippen molar-refractivity contribution in [3.63, 3.8) is 0 Å². The van der Waals surface area contributed by atoms with Gasteiger partial charge in [0.05, 0.1) is 7.11 Å². The van der Waals surface area contributed by atoms with E-state index in [1.807, 2.05) is 19.1 Å². The van der Waals surface area contributed by atoms with Gasteiger partial charge in [0.1, 0.15) is 0 Å². The highest BCUT2D eigenvalue weighted by molar-refractivity contribution is 5.77. The molecule has 0 heterocycles. The lowest BCUT2D eigenvalue weighted by Gasteiger charge is -2.10. The summed E-state index contributed by atoms with van der Waals surface area (Å²) < 4.78 is 10.5. The maximum absolute atomic E-state index is 11.4. The van der Waals surface area contributed by atoms with Crippen LogP contribution in [-0.4, -0.2) is 26.2 Å². The number of carbonyl (C=O) groups is 1. The van der Waals surface area contributed by atoms with Crippen molar-refractivity contribution in [3.8, 4) is 11.5 Å². The van der Waals surface area contributed by atoms with Gasteiger partial charge in [-0.05, 0) is 19.1 Å². The number of hydrogen-bond donors (Lipinski definition) is 1. The van der Waals surface area contributed by atoms with E-state index in [2.05, 4.69) is 11.9 Å². The molecule has 17 heavy (non-hydrogen) atoms. The zero-order valence-electron chi connectivity index (χ0n) is 10.2. The number of para-hydroxylation sites is 2. The second kappa shape index (κ2) is 6.58. The quantitative estimate of drug-likeness (QED) is 0.764. The molecule has 0 aromatic heterocycles. The van der Waals surface area contributed by atoms with Crippen LogP contribution in [0.15, 0.2) is 36.4 Å². The molecule has 0 fully saturated rings. The highest BCUT2D eigenvalue weighted by Gasteiger charge is 2.05. The molecular weight excluding hydrogens is 218 g/mol. The third kappa shape index (κ3) is 4.59. The number of benzene rings is 1. The monoisotopic (exact) mass is 235 g/mol.